The Kier molecular flexibility index (Phi) is 49.8. The fourth-order valence-corrected chi connectivity index (χ4v) is 7.69. The van der Waals surface area contributed by atoms with Crippen LogP contribution in [0.1, 0.15) is 278 Å². The molecule has 6 heteroatoms. The highest BCUT2D eigenvalue weighted by atomic mass is 16.6. The lowest BCUT2D eigenvalue weighted by Gasteiger charge is -2.18. The van der Waals surface area contributed by atoms with Crippen LogP contribution in [0.15, 0.2) is 48.6 Å². The zero-order chi connectivity index (χ0) is 45.8. The van der Waals surface area contributed by atoms with Gasteiger partial charge in [-0.3, -0.25) is 14.4 Å². The van der Waals surface area contributed by atoms with Crippen LogP contribution in [0.5, 0.6) is 0 Å². The van der Waals surface area contributed by atoms with E-state index in [9.17, 15) is 14.4 Å². The summed E-state index contributed by atoms with van der Waals surface area (Å²) in [5.74, 6) is -0.892. The molecule has 63 heavy (non-hydrogen) atoms. The van der Waals surface area contributed by atoms with Gasteiger partial charge in [-0.15, -0.1) is 0 Å². The molecule has 0 spiro atoms. The number of allylic oxidation sites excluding steroid dienone is 8. The molecule has 0 amide bonds. The van der Waals surface area contributed by atoms with E-state index in [4.69, 9.17) is 14.2 Å². The summed E-state index contributed by atoms with van der Waals surface area (Å²) in [5.41, 5.74) is 0. The van der Waals surface area contributed by atoms with E-state index >= 15 is 0 Å². The van der Waals surface area contributed by atoms with Crippen LogP contribution in [0, 0.1) is 0 Å². The van der Waals surface area contributed by atoms with Crippen molar-refractivity contribution in [3.63, 3.8) is 0 Å². The lowest BCUT2D eigenvalue weighted by atomic mass is 10.0. The summed E-state index contributed by atoms with van der Waals surface area (Å²) in [7, 11) is 0. The predicted octanol–water partition coefficient (Wildman–Crippen LogP) is 17.9. The van der Waals surface area contributed by atoms with Crippen molar-refractivity contribution in [1.29, 1.82) is 0 Å². The molecule has 366 valence electrons. The van der Waals surface area contributed by atoms with Gasteiger partial charge < -0.3 is 14.2 Å². The average molecular weight is 883 g/mol. The van der Waals surface area contributed by atoms with Gasteiger partial charge in [0.15, 0.2) is 6.10 Å². The molecule has 0 saturated carbocycles. The molecule has 1 atom stereocenters. The van der Waals surface area contributed by atoms with E-state index in [1.807, 2.05) is 0 Å². The van der Waals surface area contributed by atoms with Gasteiger partial charge in [0.1, 0.15) is 13.2 Å². The fraction of sp³-hybridized carbons (Fsp3) is 0.807. The van der Waals surface area contributed by atoms with Crippen LogP contribution in [0.2, 0.25) is 0 Å². The number of unbranched alkanes of at least 4 members (excludes halogenated alkanes) is 30. The number of hydrogen-bond donors (Lipinski definition) is 0. The van der Waals surface area contributed by atoms with E-state index in [2.05, 4.69) is 69.4 Å². The maximum Gasteiger partial charge on any atom is 0.306 e. The molecular weight excluding hydrogens is 781 g/mol. The van der Waals surface area contributed by atoms with E-state index in [0.29, 0.717) is 19.3 Å². The molecule has 0 aliphatic heterocycles. The van der Waals surface area contributed by atoms with Crippen LogP contribution in [0.4, 0.5) is 0 Å². The Hall–Kier alpha value is -2.63. The Morgan fingerprint density at radius 3 is 1.00 bits per heavy atom. The van der Waals surface area contributed by atoms with Crippen molar-refractivity contribution < 1.29 is 28.6 Å². The van der Waals surface area contributed by atoms with E-state index in [1.54, 1.807) is 0 Å². The molecule has 0 aliphatic carbocycles. The Morgan fingerprint density at radius 2 is 0.603 bits per heavy atom. The summed E-state index contributed by atoms with van der Waals surface area (Å²) in [6.07, 6.45) is 62.4. The molecule has 1 unspecified atom stereocenters. The lowest BCUT2D eigenvalue weighted by Crippen LogP contribution is -2.30. The van der Waals surface area contributed by atoms with Crippen LogP contribution in [-0.4, -0.2) is 37.2 Å². The SMILES string of the molecule is CCC/C=C\CCCCCCCC(=O)OCC(COC(=O)CCCCCCCC/C=C\C/C=C\C/C=C\CCCCC)OC(=O)CCCCCCCCCCCCCCCCCC. The molecule has 0 radical (unpaired) electrons. The number of rotatable bonds is 49. The zero-order valence-corrected chi connectivity index (χ0v) is 41.8. The van der Waals surface area contributed by atoms with Gasteiger partial charge in [-0.25, -0.2) is 0 Å². The molecule has 0 aromatic rings. The first-order chi connectivity index (χ1) is 31.0. The Balaban J connectivity index is 4.33. The highest BCUT2D eigenvalue weighted by Gasteiger charge is 2.19. The summed E-state index contributed by atoms with van der Waals surface area (Å²) < 4.78 is 16.8. The van der Waals surface area contributed by atoms with Crippen LogP contribution < -0.4 is 0 Å². The van der Waals surface area contributed by atoms with E-state index in [-0.39, 0.29) is 31.1 Å². The maximum absolute atomic E-state index is 12.8. The van der Waals surface area contributed by atoms with Crippen LogP contribution in [-0.2, 0) is 28.6 Å². The van der Waals surface area contributed by atoms with E-state index in [1.165, 1.54) is 148 Å². The predicted molar refractivity (Wildman–Crippen MR) is 270 cm³/mol. The highest BCUT2D eigenvalue weighted by molar-refractivity contribution is 5.71. The van der Waals surface area contributed by atoms with Crippen molar-refractivity contribution in [1.82, 2.24) is 0 Å². The molecule has 0 fully saturated rings. The number of esters is 3. The summed E-state index contributed by atoms with van der Waals surface area (Å²) >= 11 is 0. The third-order valence-corrected chi connectivity index (χ3v) is 11.8. The number of carbonyl (C=O) groups is 3. The third-order valence-electron chi connectivity index (χ3n) is 11.8. The smallest absolute Gasteiger partial charge is 0.306 e. The molecule has 6 nitrogen and oxygen atoms in total. The minimum atomic E-state index is -0.778. The number of carbonyl (C=O) groups excluding carboxylic acids is 3. The molecule has 0 aromatic carbocycles. The van der Waals surface area contributed by atoms with Crippen LogP contribution in [0.3, 0.4) is 0 Å². The first kappa shape index (κ1) is 60.4. The van der Waals surface area contributed by atoms with Gasteiger partial charge in [0.25, 0.3) is 0 Å². The number of hydrogen-bond acceptors (Lipinski definition) is 6. The summed E-state index contributed by atoms with van der Waals surface area (Å²) in [6.45, 7) is 6.55. The van der Waals surface area contributed by atoms with Crippen LogP contribution >= 0.6 is 0 Å². The third kappa shape index (κ3) is 50.2. The second-order valence-electron chi connectivity index (χ2n) is 18.1. The average Bonchev–Trinajstić information content (AvgIpc) is 3.28. The fourth-order valence-electron chi connectivity index (χ4n) is 7.69. The molecule has 0 saturated heterocycles. The Morgan fingerprint density at radius 1 is 0.317 bits per heavy atom. The van der Waals surface area contributed by atoms with Crippen molar-refractivity contribution in [2.45, 2.75) is 284 Å². The second-order valence-corrected chi connectivity index (χ2v) is 18.1. The molecule has 0 N–H and O–H groups in total. The van der Waals surface area contributed by atoms with Gasteiger partial charge >= 0.3 is 17.9 Å². The maximum atomic E-state index is 12.8. The van der Waals surface area contributed by atoms with Gasteiger partial charge in [-0.2, -0.15) is 0 Å². The van der Waals surface area contributed by atoms with E-state index < -0.39 is 6.10 Å². The minimum absolute atomic E-state index is 0.0797. The normalized spacial score (nSPS) is 12.4. The minimum Gasteiger partial charge on any atom is -0.462 e. The second kappa shape index (κ2) is 52.0. The molecule has 0 heterocycles. The van der Waals surface area contributed by atoms with Gasteiger partial charge in [-0.1, -0.05) is 230 Å². The first-order valence-corrected chi connectivity index (χ1v) is 27.1. The Bertz CT molecular complexity index is 1110. The van der Waals surface area contributed by atoms with Gasteiger partial charge in [0.05, 0.1) is 0 Å². The molecular formula is C57H102O6. The summed E-state index contributed by atoms with van der Waals surface area (Å²) in [4.78, 5) is 38.0. The van der Waals surface area contributed by atoms with Crippen molar-refractivity contribution in [3.8, 4) is 0 Å². The largest absolute Gasteiger partial charge is 0.462 e. The highest BCUT2D eigenvalue weighted by Crippen LogP contribution is 2.16. The quantitative estimate of drug-likeness (QED) is 0.0262. The molecule has 0 aliphatic rings. The van der Waals surface area contributed by atoms with Gasteiger partial charge in [0.2, 0.25) is 0 Å². The molecule has 0 rings (SSSR count). The van der Waals surface area contributed by atoms with E-state index in [0.717, 1.165) is 89.9 Å². The van der Waals surface area contributed by atoms with Gasteiger partial charge in [0, 0.05) is 19.3 Å². The van der Waals surface area contributed by atoms with Crippen LogP contribution in [0.25, 0.3) is 0 Å². The van der Waals surface area contributed by atoms with Crippen molar-refractivity contribution in [2.75, 3.05) is 13.2 Å². The molecule has 0 bridgehead atoms. The Labute approximate surface area is 390 Å². The lowest BCUT2D eigenvalue weighted by molar-refractivity contribution is -0.167. The standard InChI is InChI=1S/C57H102O6/c1-4-7-10-13-16-19-22-24-26-28-29-30-32-33-35-38-41-44-47-50-56(59)62-53-54(52-61-55(58)49-46-43-40-37-21-18-15-12-9-6-3)63-57(60)51-48-45-42-39-36-34-31-27-25-23-20-17-14-11-8-5-2/h12,15-16,19,24,26,29-30,54H,4-11,13-14,17-18,20-23,25,27-28,31-53H2,1-3H3/b15-12-,19-16-,26-24-,30-29-. The monoisotopic (exact) mass is 883 g/mol. The van der Waals surface area contributed by atoms with Crippen molar-refractivity contribution >= 4 is 17.9 Å². The number of ether oxygens (including phenoxy) is 3. The first-order valence-electron chi connectivity index (χ1n) is 27.1. The van der Waals surface area contributed by atoms with Gasteiger partial charge in [-0.05, 0) is 77.0 Å². The van der Waals surface area contributed by atoms with Crippen molar-refractivity contribution in [2.24, 2.45) is 0 Å². The molecule has 0 aromatic heterocycles. The summed E-state index contributed by atoms with van der Waals surface area (Å²) in [6, 6.07) is 0. The zero-order valence-electron chi connectivity index (χ0n) is 41.8. The summed E-state index contributed by atoms with van der Waals surface area (Å²) in [5, 5.41) is 0. The topological polar surface area (TPSA) is 78.9 Å². The van der Waals surface area contributed by atoms with Crippen molar-refractivity contribution in [3.05, 3.63) is 48.6 Å².